The predicted molar refractivity (Wildman–Crippen MR) is 108 cm³/mol. The lowest BCUT2D eigenvalue weighted by Gasteiger charge is -2.14. The molecule has 0 spiro atoms. The van der Waals surface area contributed by atoms with Crippen molar-refractivity contribution in [2.45, 2.75) is 12.8 Å². The fraction of sp³-hybridized carbons (Fsp3) is 0.217. The summed E-state index contributed by atoms with van der Waals surface area (Å²) in [6.07, 6.45) is 1.40. The van der Waals surface area contributed by atoms with Crippen LogP contribution in [0.3, 0.4) is 0 Å². The third-order valence-corrected chi connectivity index (χ3v) is 4.90. The monoisotopic (exact) mass is 371 g/mol. The molecule has 1 aliphatic rings. The molecule has 1 heterocycles. The van der Waals surface area contributed by atoms with Gasteiger partial charge in [0.05, 0.1) is 17.8 Å². The maximum Gasteiger partial charge on any atom is 0.407 e. The van der Waals surface area contributed by atoms with Gasteiger partial charge in [-0.2, -0.15) is 5.10 Å². The largest absolute Gasteiger partial charge is 0.449 e. The second kappa shape index (κ2) is 7.61. The SMILES string of the molecule is Cc1nn(C)cc1C#CCNC(=O)OCC1c2ccccc2-c2ccccc21. The van der Waals surface area contributed by atoms with Gasteiger partial charge in [-0.15, -0.1) is 0 Å². The molecule has 0 saturated heterocycles. The number of ether oxygens (including phenoxy) is 1. The van der Waals surface area contributed by atoms with Crippen molar-refractivity contribution in [3.8, 4) is 23.0 Å². The maximum absolute atomic E-state index is 12.1. The molecular formula is C23H21N3O2. The number of carbonyl (C=O) groups excluding carboxylic acids is 1. The number of hydrogen-bond donors (Lipinski definition) is 1. The standard InChI is InChI=1S/C23H21N3O2/c1-16-17(14-26(2)25-16)8-7-13-24-23(27)28-15-22-20-11-5-3-9-18(20)19-10-4-6-12-21(19)22/h3-6,9-12,14,22H,13,15H2,1-2H3,(H,24,27). The minimum atomic E-state index is -0.459. The lowest BCUT2D eigenvalue weighted by molar-refractivity contribution is 0.144. The first-order valence-electron chi connectivity index (χ1n) is 9.21. The number of aromatic nitrogens is 2. The van der Waals surface area contributed by atoms with E-state index in [9.17, 15) is 4.79 Å². The number of carbonyl (C=O) groups is 1. The second-order valence-corrected chi connectivity index (χ2v) is 6.78. The van der Waals surface area contributed by atoms with Crippen molar-refractivity contribution in [2.75, 3.05) is 13.2 Å². The highest BCUT2D eigenvalue weighted by Gasteiger charge is 2.28. The molecule has 0 atom stereocenters. The van der Waals surface area contributed by atoms with Crippen molar-refractivity contribution >= 4 is 6.09 Å². The van der Waals surface area contributed by atoms with E-state index in [1.165, 1.54) is 22.3 Å². The topological polar surface area (TPSA) is 56.2 Å². The number of rotatable bonds is 3. The highest BCUT2D eigenvalue weighted by molar-refractivity contribution is 5.79. The van der Waals surface area contributed by atoms with Crippen LogP contribution in [0.2, 0.25) is 0 Å². The van der Waals surface area contributed by atoms with E-state index >= 15 is 0 Å². The van der Waals surface area contributed by atoms with Gasteiger partial charge in [-0.1, -0.05) is 60.4 Å². The van der Waals surface area contributed by atoms with Crippen LogP contribution < -0.4 is 5.32 Å². The molecule has 3 aromatic rings. The first-order chi connectivity index (χ1) is 13.6. The van der Waals surface area contributed by atoms with E-state index in [2.05, 4.69) is 46.5 Å². The van der Waals surface area contributed by atoms with Crippen LogP contribution in [0.15, 0.2) is 54.7 Å². The van der Waals surface area contributed by atoms with E-state index in [0.29, 0.717) is 6.61 Å². The van der Waals surface area contributed by atoms with Gasteiger partial charge in [0.2, 0.25) is 0 Å². The summed E-state index contributed by atoms with van der Waals surface area (Å²) < 4.78 is 7.21. The Morgan fingerprint density at radius 2 is 1.79 bits per heavy atom. The average Bonchev–Trinajstić information content (AvgIpc) is 3.20. The Morgan fingerprint density at radius 1 is 1.14 bits per heavy atom. The van der Waals surface area contributed by atoms with E-state index in [-0.39, 0.29) is 12.5 Å². The first kappa shape index (κ1) is 17.9. The highest BCUT2D eigenvalue weighted by Crippen LogP contribution is 2.44. The van der Waals surface area contributed by atoms with Crippen LogP contribution in [0.25, 0.3) is 11.1 Å². The average molecular weight is 371 g/mol. The zero-order chi connectivity index (χ0) is 19.5. The zero-order valence-electron chi connectivity index (χ0n) is 15.9. The summed E-state index contributed by atoms with van der Waals surface area (Å²) in [4.78, 5) is 12.1. The van der Waals surface area contributed by atoms with Crippen molar-refractivity contribution in [3.63, 3.8) is 0 Å². The molecule has 1 aromatic heterocycles. The summed E-state index contributed by atoms with van der Waals surface area (Å²) in [5, 5.41) is 6.93. The van der Waals surface area contributed by atoms with Crippen molar-refractivity contribution in [2.24, 2.45) is 7.05 Å². The third-order valence-electron chi connectivity index (χ3n) is 4.90. The molecule has 140 valence electrons. The second-order valence-electron chi connectivity index (χ2n) is 6.78. The minimum Gasteiger partial charge on any atom is -0.449 e. The Kier molecular flexibility index (Phi) is 4.86. The van der Waals surface area contributed by atoms with E-state index in [4.69, 9.17) is 4.74 Å². The Morgan fingerprint density at radius 3 is 2.39 bits per heavy atom. The normalized spacial score (nSPS) is 11.9. The van der Waals surface area contributed by atoms with Crippen LogP contribution in [-0.2, 0) is 11.8 Å². The van der Waals surface area contributed by atoms with Crippen molar-refractivity contribution < 1.29 is 9.53 Å². The van der Waals surface area contributed by atoms with Crippen molar-refractivity contribution in [1.29, 1.82) is 0 Å². The van der Waals surface area contributed by atoms with Crippen LogP contribution in [0.4, 0.5) is 4.79 Å². The number of aryl methyl sites for hydroxylation is 2. The number of amides is 1. The fourth-order valence-corrected chi connectivity index (χ4v) is 3.63. The first-order valence-corrected chi connectivity index (χ1v) is 9.21. The number of hydrogen-bond acceptors (Lipinski definition) is 3. The summed E-state index contributed by atoms with van der Waals surface area (Å²) in [5.41, 5.74) is 6.55. The Balaban J connectivity index is 1.36. The maximum atomic E-state index is 12.1. The van der Waals surface area contributed by atoms with Crippen LogP contribution >= 0.6 is 0 Å². The molecule has 1 amide bonds. The van der Waals surface area contributed by atoms with E-state index < -0.39 is 6.09 Å². The van der Waals surface area contributed by atoms with Gasteiger partial charge < -0.3 is 10.1 Å². The van der Waals surface area contributed by atoms with Crippen molar-refractivity contribution in [1.82, 2.24) is 15.1 Å². The van der Waals surface area contributed by atoms with Gasteiger partial charge in [-0.25, -0.2) is 4.79 Å². The number of alkyl carbamates (subject to hydrolysis) is 1. The van der Waals surface area contributed by atoms with Gasteiger partial charge in [0.15, 0.2) is 0 Å². The molecule has 5 nitrogen and oxygen atoms in total. The smallest absolute Gasteiger partial charge is 0.407 e. The molecule has 4 rings (SSSR count). The Hall–Kier alpha value is -3.52. The summed E-state index contributed by atoms with van der Waals surface area (Å²) >= 11 is 0. The third kappa shape index (κ3) is 3.49. The molecule has 28 heavy (non-hydrogen) atoms. The Labute approximate surface area is 164 Å². The highest BCUT2D eigenvalue weighted by atomic mass is 16.5. The Bertz CT molecular complexity index is 1040. The summed E-state index contributed by atoms with van der Waals surface area (Å²) in [5.74, 6) is 6.00. The molecule has 1 N–H and O–H groups in total. The van der Waals surface area contributed by atoms with Crippen LogP contribution in [0.1, 0.15) is 28.3 Å². The summed E-state index contributed by atoms with van der Waals surface area (Å²) in [6, 6.07) is 16.5. The van der Waals surface area contributed by atoms with Crippen LogP contribution in [-0.4, -0.2) is 29.0 Å². The van der Waals surface area contributed by atoms with E-state index in [0.717, 1.165) is 11.3 Å². The van der Waals surface area contributed by atoms with E-state index in [1.807, 2.05) is 44.4 Å². The van der Waals surface area contributed by atoms with Gasteiger partial charge in [-0.3, -0.25) is 4.68 Å². The van der Waals surface area contributed by atoms with Gasteiger partial charge in [0.25, 0.3) is 0 Å². The quantitative estimate of drug-likeness (QED) is 0.716. The number of fused-ring (bicyclic) bond motifs is 3. The van der Waals surface area contributed by atoms with Gasteiger partial charge in [0.1, 0.15) is 6.61 Å². The molecule has 0 fully saturated rings. The van der Waals surface area contributed by atoms with Crippen molar-refractivity contribution in [3.05, 3.63) is 77.1 Å². The predicted octanol–water partition coefficient (Wildman–Crippen LogP) is 3.62. The lowest BCUT2D eigenvalue weighted by atomic mass is 9.98. The molecule has 0 unspecified atom stereocenters. The van der Waals surface area contributed by atoms with Gasteiger partial charge in [-0.05, 0) is 29.2 Å². The molecular weight excluding hydrogens is 350 g/mol. The minimum absolute atomic E-state index is 0.0577. The molecule has 0 bridgehead atoms. The molecule has 5 heteroatoms. The van der Waals surface area contributed by atoms with Crippen LogP contribution in [0.5, 0.6) is 0 Å². The summed E-state index contributed by atoms with van der Waals surface area (Å²) in [6.45, 7) is 2.43. The number of nitrogens with one attached hydrogen (secondary N) is 1. The molecule has 0 saturated carbocycles. The zero-order valence-corrected chi connectivity index (χ0v) is 15.9. The van der Waals surface area contributed by atoms with Crippen LogP contribution in [0, 0.1) is 18.8 Å². The summed E-state index contributed by atoms with van der Waals surface area (Å²) in [7, 11) is 1.85. The molecule has 1 aliphatic carbocycles. The lowest BCUT2D eigenvalue weighted by Crippen LogP contribution is -2.26. The van der Waals surface area contributed by atoms with Gasteiger partial charge in [0, 0.05) is 19.2 Å². The van der Waals surface area contributed by atoms with Gasteiger partial charge >= 0.3 is 6.09 Å². The fourth-order valence-electron chi connectivity index (χ4n) is 3.63. The number of nitrogens with zero attached hydrogens (tertiary/aromatic N) is 2. The molecule has 0 radical (unpaired) electrons. The molecule has 2 aromatic carbocycles. The van der Waals surface area contributed by atoms with E-state index in [1.54, 1.807) is 4.68 Å². The molecule has 0 aliphatic heterocycles. The number of benzene rings is 2.